The van der Waals surface area contributed by atoms with Gasteiger partial charge in [-0.25, -0.2) is 0 Å². The number of Topliss-reactive ketones (excluding diaryl/α,β-unsaturated/α-hetero) is 2. The van der Waals surface area contributed by atoms with Gasteiger partial charge in [0.25, 0.3) is 0 Å². The Bertz CT molecular complexity index is 872. The number of fused-ring (bicyclic) bond motifs is 1. The lowest BCUT2D eigenvalue weighted by Crippen LogP contribution is -2.07. The fourth-order valence-electron chi connectivity index (χ4n) is 3.53. The Hall–Kier alpha value is -2.94. The summed E-state index contributed by atoms with van der Waals surface area (Å²) in [4.78, 5) is 27.4. The van der Waals surface area contributed by atoms with Crippen LogP contribution in [0, 0.1) is 0 Å². The number of hydrogen-bond donors (Lipinski definition) is 0. The van der Waals surface area contributed by atoms with Crippen LogP contribution < -0.4 is 0 Å². The first kappa shape index (κ1) is 15.6. The lowest BCUT2D eigenvalue weighted by Gasteiger charge is -2.16. The summed E-state index contributed by atoms with van der Waals surface area (Å²) in [5.74, 6) is -0.250. The van der Waals surface area contributed by atoms with Gasteiger partial charge in [-0.2, -0.15) is 0 Å². The molecule has 2 aliphatic carbocycles. The molecule has 1 aromatic rings. The van der Waals surface area contributed by atoms with Gasteiger partial charge in [-0.1, -0.05) is 36.4 Å². The highest BCUT2D eigenvalue weighted by Gasteiger charge is 2.34. The highest BCUT2D eigenvalue weighted by atomic mass is 16.2. The van der Waals surface area contributed by atoms with E-state index in [9.17, 15) is 9.59 Å². The molecule has 0 aromatic heterocycles. The van der Waals surface area contributed by atoms with E-state index in [1.807, 2.05) is 42.6 Å². The second kappa shape index (κ2) is 6.17. The maximum atomic E-state index is 12.7. The van der Waals surface area contributed by atoms with Gasteiger partial charge < -0.3 is 4.90 Å². The van der Waals surface area contributed by atoms with E-state index in [4.69, 9.17) is 0 Å². The van der Waals surface area contributed by atoms with Crippen LogP contribution in [0.4, 0.5) is 0 Å². The molecule has 1 aromatic carbocycles. The van der Waals surface area contributed by atoms with Gasteiger partial charge in [0.15, 0.2) is 11.6 Å². The second-order valence-corrected chi connectivity index (χ2v) is 6.62. The van der Waals surface area contributed by atoms with Crippen molar-refractivity contribution in [1.29, 1.82) is 0 Å². The third kappa shape index (κ3) is 2.82. The molecule has 0 saturated heterocycles. The first-order chi connectivity index (χ1) is 12.1. The predicted octanol–water partition coefficient (Wildman–Crippen LogP) is 4.37. The molecule has 0 atom stereocenters. The van der Waals surface area contributed by atoms with Crippen LogP contribution in [0.25, 0.3) is 0 Å². The summed E-state index contributed by atoms with van der Waals surface area (Å²) < 4.78 is 0. The first-order valence-electron chi connectivity index (χ1n) is 8.56. The van der Waals surface area contributed by atoms with E-state index in [0.29, 0.717) is 16.7 Å². The third-order valence-electron chi connectivity index (χ3n) is 4.82. The fourth-order valence-corrected chi connectivity index (χ4v) is 3.53. The lowest BCUT2D eigenvalue weighted by molar-refractivity contribution is 0.0987. The van der Waals surface area contributed by atoms with Gasteiger partial charge in [0.1, 0.15) is 0 Å². The van der Waals surface area contributed by atoms with E-state index in [1.165, 1.54) is 5.57 Å². The van der Waals surface area contributed by atoms with E-state index in [1.54, 1.807) is 12.1 Å². The average Bonchev–Trinajstić information content (AvgIpc) is 2.89. The second-order valence-electron chi connectivity index (χ2n) is 6.62. The number of rotatable bonds is 1. The van der Waals surface area contributed by atoms with Crippen molar-refractivity contribution in [3.05, 3.63) is 94.4 Å². The Labute approximate surface area is 147 Å². The summed E-state index contributed by atoms with van der Waals surface area (Å²) in [5.41, 5.74) is 4.61. The molecule has 25 heavy (non-hydrogen) atoms. The molecule has 1 heterocycles. The van der Waals surface area contributed by atoms with Crippen LogP contribution in [-0.2, 0) is 0 Å². The molecule has 0 fully saturated rings. The van der Waals surface area contributed by atoms with Crippen molar-refractivity contribution in [3.8, 4) is 0 Å². The molecule has 0 radical (unpaired) electrons. The summed E-state index contributed by atoms with van der Waals surface area (Å²) in [6.45, 7) is 0. The average molecular weight is 329 g/mol. The molecule has 0 N–H and O–H groups in total. The molecule has 3 nitrogen and oxygen atoms in total. The number of allylic oxidation sites excluding steroid dienone is 8. The summed E-state index contributed by atoms with van der Waals surface area (Å²) in [7, 11) is 1.99. The zero-order valence-corrected chi connectivity index (χ0v) is 14.2. The van der Waals surface area contributed by atoms with Crippen molar-refractivity contribution < 1.29 is 9.59 Å². The quantitative estimate of drug-likeness (QED) is 0.567. The van der Waals surface area contributed by atoms with Crippen LogP contribution in [0.2, 0.25) is 0 Å². The third-order valence-corrected chi connectivity index (χ3v) is 4.82. The zero-order valence-electron chi connectivity index (χ0n) is 14.2. The minimum atomic E-state index is -0.125. The summed E-state index contributed by atoms with van der Waals surface area (Å²) in [6, 6.07) is 7.10. The summed E-state index contributed by atoms with van der Waals surface area (Å²) >= 11 is 0. The molecular weight excluding hydrogens is 310 g/mol. The van der Waals surface area contributed by atoms with E-state index in [0.717, 1.165) is 30.4 Å². The number of hydrogen-bond acceptors (Lipinski definition) is 3. The highest BCUT2D eigenvalue weighted by molar-refractivity contribution is 6.40. The Morgan fingerprint density at radius 2 is 1.60 bits per heavy atom. The van der Waals surface area contributed by atoms with Gasteiger partial charge in [0, 0.05) is 30.6 Å². The predicted molar refractivity (Wildman–Crippen MR) is 98.2 cm³/mol. The van der Waals surface area contributed by atoms with E-state index in [2.05, 4.69) is 18.2 Å². The van der Waals surface area contributed by atoms with E-state index >= 15 is 0 Å². The van der Waals surface area contributed by atoms with Crippen LogP contribution >= 0.6 is 0 Å². The van der Waals surface area contributed by atoms with Crippen molar-refractivity contribution in [2.75, 3.05) is 7.05 Å². The van der Waals surface area contributed by atoms with E-state index in [-0.39, 0.29) is 11.6 Å². The molecule has 0 saturated carbocycles. The standard InChI is InChI=1S/C22H19NO2/c1-23-11-9-15(10-12-23)13-16-5-4-6-17(14-16)20-21(24)18-7-2-3-8-19(18)22(20)25/h2-3,7-14H,4-6H2,1H3. The smallest absolute Gasteiger partial charge is 0.197 e. The largest absolute Gasteiger partial charge is 0.357 e. The first-order valence-corrected chi connectivity index (χ1v) is 8.56. The molecule has 3 heteroatoms. The van der Waals surface area contributed by atoms with Crippen LogP contribution in [0.15, 0.2) is 83.3 Å². The maximum Gasteiger partial charge on any atom is 0.197 e. The van der Waals surface area contributed by atoms with Crippen LogP contribution in [0.3, 0.4) is 0 Å². The van der Waals surface area contributed by atoms with Gasteiger partial charge in [0.05, 0.1) is 5.57 Å². The zero-order chi connectivity index (χ0) is 17.4. The Morgan fingerprint density at radius 3 is 2.24 bits per heavy atom. The summed E-state index contributed by atoms with van der Waals surface area (Å²) in [5, 5.41) is 0. The van der Waals surface area contributed by atoms with Crippen molar-refractivity contribution in [1.82, 2.24) is 4.90 Å². The molecule has 0 amide bonds. The molecule has 0 unspecified atom stereocenters. The van der Waals surface area contributed by atoms with Crippen LogP contribution in [-0.4, -0.2) is 23.5 Å². The van der Waals surface area contributed by atoms with Gasteiger partial charge in [-0.15, -0.1) is 0 Å². The SMILES string of the molecule is CN1C=CC(=CC2=CC(=C3C(=O)c4ccccc4C3=O)CCC2)C=C1. The van der Waals surface area contributed by atoms with Crippen molar-refractivity contribution in [3.63, 3.8) is 0 Å². The minimum Gasteiger partial charge on any atom is -0.357 e. The number of nitrogens with zero attached hydrogens (tertiary/aromatic N) is 1. The maximum absolute atomic E-state index is 12.7. The monoisotopic (exact) mass is 329 g/mol. The molecule has 4 rings (SSSR count). The molecule has 3 aliphatic rings. The molecule has 124 valence electrons. The summed E-state index contributed by atoms with van der Waals surface area (Å²) in [6.07, 6.45) is 15.0. The Balaban J connectivity index is 1.72. The van der Waals surface area contributed by atoms with Gasteiger partial charge in [-0.3, -0.25) is 9.59 Å². The van der Waals surface area contributed by atoms with Crippen LogP contribution in [0.1, 0.15) is 40.0 Å². The molecular formula is C22H19NO2. The topological polar surface area (TPSA) is 37.4 Å². The van der Waals surface area contributed by atoms with Gasteiger partial charge in [0.2, 0.25) is 0 Å². The number of carbonyl (C=O) groups excluding carboxylic acids is 2. The number of carbonyl (C=O) groups is 2. The van der Waals surface area contributed by atoms with Crippen LogP contribution in [0.5, 0.6) is 0 Å². The van der Waals surface area contributed by atoms with Crippen molar-refractivity contribution in [2.45, 2.75) is 19.3 Å². The normalized spacial score (nSPS) is 19.5. The van der Waals surface area contributed by atoms with E-state index < -0.39 is 0 Å². The lowest BCUT2D eigenvalue weighted by atomic mass is 9.89. The Kier molecular flexibility index (Phi) is 3.85. The number of ketones is 2. The number of benzene rings is 1. The fraction of sp³-hybridized carbons (Fsp3) is 0.182. The Morgan fingerprint density at radius 1 is 0.960 bits per heavy atom. The minimum absolute atomic E-state index is 0.125. The van der Waals surface area contributed by atoms with Gasteiger partial charge >= 0.3 is 0 Å². The highest BCUT2D eigenvalue weighted by Crippen LogP contribution is 2.34. The van der Waals surface area contributed by atoms with Crippen molar-refractivity contribution in [2.24, 2.45) is 0 Å². The molecule has 0 bridgehead atoms. The van der Waals surface area contributed by atoms with Crippen molar-refractivity contribution >= 4 is 11.6 Å². The van der Waals surface area contributed by atoms with Gasteiger partial charge in [-0.05, 0) is 48.1 Å². The molecule has 1 aliphatic heterocycles. The molecule has 0 spiro atoms.